The van der Waals surface area contributed by atoms with Gasteiger partial charge in [0.2, 0.25) is 5.91 Å². The molecule has 3 heteroatoms. The summed E-state index contributed by atoms with van der Waals surface area (Å²) >= 11 is 0. The Morgan fingerprint density at radius 1 is 1.41 bits per heavy atom. The summed E-state index contributed by atoms with van der Waals surface area (Å²) in [6.07, 6.45) is 3.51. The number of rotatable bonds is 5. The fourth-order valence-electron chi connectivity index (χ4n) is 2.91. The number of carbonyl (C=O) groups excluding carboxylic acids is 1. The molecule has 0 aromatic rings. The zero-order chi connectivity index (χ0) is 12.8. The number of methoxy groups -OCH3 is 1. The van der Waals surface area contributed by atoms with Crippen LogP contribution in [0.2, 0.25) is 0 Å². The SMILES string of the molecule is COCCNC(=O)[C@@H]1C[C@H](C)CC[C@H]1C(C)C. The zero-order valence-electron chi connectivity index (χ0n) is 11.7. The molecule has 1 rings (SSSR count). The van der Waals surface area contributed by atoms with Crippen LogP contribution >= 0.6 is 0 Å². The summed E-state index contributed by atoms with van der Waals surface area (Å²) in [5.74, 6) is 2.26. The van der Waals surface area contributed by atoms with Crippen molar-refractivity contribution in [3.05, 3.63) is 0 Å². The highest BCUT2D eigenvalue weighted by Crippen LogP contribution is 2.37. The van der Waals surface area contributed by atoms with Crippen molar-refractivity contribution in [2.45, 2.75) is 40.0 Å². The highest BCUT2D eigenvalue weighted by atomic mass is 16.5. The minimum absolute atomic E-state index is 0.204. The van der Waals surface area contributed by atoms with Gasteiger partial charge >= 0.3 is 0 Å². The van der Waals surface area contributed by atoms with Crippen molar-refractivity contribution in [1.82, 2.24) is 5.32 Å². The molecule has 100 valence electrons. The van der Waals surface area contributed by atoms with E-state index in [2.05, 4.69) is 26.1 Å². The molecule has 17 heavy (non-hydrogen) atoms. The molecule has 1 saturated carbocycles. The molecular formula is C14H27NO2. The standard InChI is InChI=1S/C14H27NO2/c1-10(2)12-6-5-11(3)9-13(12)14(16)15-7-8-17-4/h10-13H,5-9H2,1-4H3,(H,15,16)/t11-,12+,13-/m1/s1. The van der Waals surface area contributed by atoms with Crippen LogP contribution in [-0.4, -0.2) is 26.2 Å². The molecule has 0 aliphatic heterocycles. The first-order valence-corrected chi connectivity index (χ1v) is 6.82. The lowest BCUT2D eigenvalue weighted by atomic mass is 9.70. The molecular weight excluding hydrogens is 214 g/mol. The van der Waals surface area contributed by atoms with Crippen molar-refractivity contribution in [1.29, 1.82) is 0 Å². The smallest absolute Gasteiger partial charge is 0.223 e. The van der Waals surface area contributed by atoms with Crippen LogP contribution in [0.25, 0.3) is 0 Å². The van der Waals surface area contributed by atoms with Crippen LogP contribution in [0.3, 0.4) is 0 Å². The molecule has 0 radical (unpaired) electrons. The van der Waals surface area contributed by atoms with Gasteiger partial charge in [0.05, 0.1) is 6.61 Å². The molecule has 0 saturated heterocycles. The monoisotopic (exact) mass is 241 g/mol. The van der Waals surface area contributed by atoms with E-state index in [-0.39, 0.29) is 11.8 Å². The molecule has 1 aliphatic carbocycles. The minimum Gasteiger partial charge on any atom is -0.383 e. The second-order valence-corrected chi connectivity index (χ2v) is 5.72. The van der Waals surface area contributed by atoms with Crippen LogP contribution < -0.4 is 5.32 Å². The predicted octanol–water partition coefficient (Wildman–Crippen LogP) is 2.46. The lowest BCUT2D eigenvalue weighted by molar-refractivity contribution is -0.129. The quantitative estimate of drug-likeness (QED) is 0.751. The minimum atomic E-state index is 0.204. The number of amides is 1. The third-order valence-corrected chi connectivity index (χ3v) is 3.96. The van der Waals surface area contributed by atoms with E-state index in [0.717, 1.165) is 6.42 Å². The predicted molar refractivity (Wildman–Crippen MR) is 69.7 cm³/mol. The third kappa shape index (κ3) is 4.30. The normalized spacial score (nSPS) is 29.4. The number of hydrogen-bond donors (Lipinski definition) is 1. The maximum absolute atomic E-state index is 12.2. The Morgan fingerprint density at radius 2 is 2.12 bits per heavy atom. The summed E-state index contributed by atoms with van der Waals surface area (Å²) in [5.41, 5.74) is 0. The van der Waals surface area contributed by atoms with Crippen LogP contribution in [0.5, 0.6) is 0 Å². The molecule has 1 fully saturated rings. The van der Waals surface area contributed by atoms with Crippen molar-refractivity contribution in [2.75, 3.05) is 20.3 Å². The molecule has 1 aliphatic rings. The van der Waals surface area contributed by atoms with E-state index in [0.29, 0.717) is 30.9 Å². The Kier molecular flexibility index (Phi) is 5.96. The average molecular weight is 241 g/mol. The lowest BCUT2D eigenvalue weighted by Crippen LogP contribution is -2.41. The molecule has 0 heterocycles. The van der Waals surface area contributed by atoms with Crippen molar-refractivity contribution >= 4 is 5.91 Å². The van der Waals surface area contributed by atoms with Crippen LogP contribution in [0.15, 0.2) is 0 Å². The molecule has 3 atom stereocenters. The van der Waals surface area contributed by atoms with Gasteiger partial charge in [-0.05, 0) is 30.6 Å². The van der Waals surface area contributed by atoms with E-state index in [1.165, 1.54) is 12.8 Å². The Balaban J connectivity index is 2.53. The average Bonchev–Trinajstić information content (AvgIpc) is 2.28. The van der Waals surface area contributed by atoms with Gasteiger partial charge in [0.15, 0.2) is 0 Å². The summed E-state index contributed by atoms with van der Waals surface area (Å²) in [4.78, 5) is 12.2. The van der Waals surface area contributed by atoms with Gasteiger partial charge < -0.3 is 10.1 Å². The number of nitrogens with one attached hydrogen (secondary N) is 1. The van der Waals surface area contributed by atoms with Gasteiger partial charge in [0.1, 0.15) is 0 Å². The van der Waals surface area contributed by atoms with Crippen molar-refractivity contribution in [2.24, 2.45) is 23.7 Å². The third-order valence-electron chi connectivity index (χ3n) is 3.96. The first-order chi connectivity index (χ1) is 8.06. The topological polar surface area (TPSA) is 38.3 Å². The van der Waals surface area contributed by atoms with E-state index in [1.54, 1.807) is 7.11 Å². The summed E-state index contributed by atoms with van der Waals surface area (Å²) < 4.78 is 4.96. The highest BCUT2D eigenvalue weighted by molar-refractivity contribution is 5.79. The molecule has 0 aromatic carbocycles. The van der Waals surface area contributed by atoms with Crippen LogP contribution in [0.4, 0.5) is 0 Å². The van der Waals surface area contributed by atoms with Crippen molar-refractivity contribution in [3.63, 3.8) is 0 Å². The summed E-state index contributed by atoms with van der Waals surface area (Å²) in [5, 5.41) is 2.99. The maximum Gasteiger partial charge on any atom is 0.223 e. The van der Waals surface area contributed by atoms with Gasteiger partial charge in [-0.1, -0.05) is 27.2 Å². The molecule has 1 N–H and O–H groups in total. The highest BCUT2D eigenvalue weighted by Gasteiger charge is 2.34. The van der Waals surface area contributed by atoms with Crippen LogP contribution in [0.1, 0.15) is 40.0 Å². The second kappa shape index (κ2) is 7.00. The van der Waals surface area contributed by atoms with Gasteiger partial charge in [0.25, 0.3) is 0 Å². The van der Waals surface area contributed by atoms with Crippen LogP contribution in [0, 0.1) is 23.7 Å². The van der Waals surface area contributed by atoms with E-state index in [4.69, 9.17) is 4.74 Å². The summed E-state index contributed by atoms with van der Waals surface area (Å²) in [6, 6.07) is 0. The Bertz CT molecular complexity index is 240. The molecule has 0 aromatic heterocycles. The van der Waals surface area contributed by atoms with E-state index < -0.39 is 0 Å². The largest absolute Gasteiger partial charge is 0.383 e. The van der Waals surface area contributed by atoms with Gasteiger partial charge in [0, 0.05) is 19.6 Å². The summed E-state index contributed by atoms with van der Waals surface area (Å²) in [7, 11) is 1.66. The first-order valence-electron chi connectivity index (χ1n) is 6.82. The Labute approximate surface area is 105 Å². The second-order valence-electron chi connectivity index (χ2n) is 5.72. The zero-order valence-corrected chi connectivity index (χ0v) is 11.7. The molecule has 3 nitrogen and oxygen atoms in total. The lowest BCUT2D eigenvalue weighted by Gasteiger charge is -2.36. The fourth-order valence-corrected chi connectivity index (χ4v) is 2.91. The number of ether oxygens (including phenoxy) is 1. The van der Waals surface area contributed by atoms with Crippen molar-refractivity contribution in [3.8, 4) is 0 Å². The molecule has 0 spiro atoms. The Morgan fingerprint density at radius 3 is 2.71 bits per heavy atom. The van der Waals surface area contributed by atoms with Gasteiger partial charge in [-0.25, -0.2) is 0 Å². The maximum atomic E-state index is 12.2. The molecule has 0 unspecified atom stereocenters. The summed E-state index contributed by atoms with van der Waals surface area (Å²) in [6.45, 7) is 7.95. The molecule has 1 amide bonds. The van der Waals surface area contributed by atoms with E-state index in [9.17, 15) is 4.79 Å². The van der Waals surface area contributed by atoms with E-state index in [1.807, 2.05) is 0 Å². The van der Waals surface area contributed by atoms with E-state index >= 15 is 0 Å². The Hall–Kier alpha value is -0.570. The van der Waals surface area contributed by atoms with Crippen LogP contribution in [-0.2, 0) is 9.53 Å². The number of carbonyl (C=O) groups is 1. The first kappa shape index (κ1) is 14.5. The van der Waals surface area contributed by atoms with Gasteiger partial charge in [-0.2, -0.15) is 0 Å². The number of hydrogen-bond acceptors (Lipinski definition) is 2. The fraction of sp³-hybridized carbons (Fsp3) is 0.929. The van der Waals surface area contributed by atoms with Gasteiger partial charge in [-0.15, -0.1) is 0 Å². The van der Waals surface area contributed by atoms with Crippen molar-refractivity contribution < 1.29 is 9.53 Å². The molecule has 0 bridgehead atoms. The van der Waals surface area contributed by atoms with Gasteiger partial charge in [-0.3, -0.25) is 4.79 Å².